The molecule has 0 saturated carbocycles. The van der Waals surface area contributed by atoms with Crippen molar-refractivity contribution in [3.8, 4) is 0 Å². The number of morpholine rings is 1. The van der Waals surface area contributed by atoms with E-state index in [0.29, 0.717) is 19.0 Å². The number of sulfonamides is 1. The molecule has 0 unspecified atom stereocenters. The molecule has 1 aliphatic rings. The summed E-state index contributed by atoms with van der Waals surface area (Å²) >= 11 is 0. The van der Waals surface area contributed by atoms with E-state index in [4.69, 9.17) is 9.15 Å². The summed E-state index contributed by atoms with van der Waals surface area (Å²) in [6.45, 7) is 1.20. The van der Waals surface area contributed by atoms with Gasteiger partial charge in [0.05, 0.1) is 36.5 Å². The van der Waals surface area contributed by atoms with Gasteiger partial charge < -0.3 is 14.1 Å². The molecule has 140 valence electrons. The van der Waals surface area contributed by atoms with Crippen molar-refractivity contribution in [3.05, 3.63) is 53.7 Å². The Bertz CT molecular complexity index is 877. The van der Waals surface area contributed by atoms with E-state index >= 15 is 0 Å². The van der Waals surface area contributed by atoms with Crippen LogP contribution in [0.2, 0.25) is 0 Å². The van der Waals surface area contributed by atoms with Crippen molar-refractivity contribution in [2.75, 3.05) is 33.4 Å². The van der Waals surface area contributed by atoms with Gasteiger partial charge in [-0.3, -0.25) is 4.79 Å². The second kappa shape index (κ2) is 7.56. The van der Waals surface area contributed by atoms with Crippen LogP contribution in [0.4, 0.5) is 4.39 Å². The number of hydrogen-bond acceptors (Lipinski definition) is 5. The average Bonchev–Trinajstić information content (AvgIpc) is 3.15. The molecule has 0 atom stereocenters. The summed E-state index contributed by atoms with van der Waals surface area (Å²) in [5.41, 5.74) is -0.298. The minimum atomic E-state index is -3.81. The van der Waals surface area contributed by atoms with Gasteiger partial charge in [0, 0.05) is 20.1 Å². The van der Waals surface area contributed by atoms with Gasteiger partial charge in [-0.25, -0.2) is 12.8 Å². The second-order valence-corrected chi connectivity index (χ2v) is 7.84. The van der Waals surface area contributed by atoms with Crippen LogP contribution in [0.1, 0.15) is 16.1 Å². The lowest BCUT2D eigenvalue weighted by molar-refractivity contribution is 0.0729. The van der Waals surface area contributed by atoms with Gasteiger partial charge >= 0.3 is 0 Å². The number of halogens is 1. The molecule has 0 N–H and O–H groups in total. The summed E-state index contributed by atoms with van der Waals surface area (Å²) in [5, 5.41) is 0. The van der Waals surface area contributed by atoms with Gasteiger partial charge in [-0.2, -0.15) is 4.31 Å². The van der Waals surface area contributed by atoms with Crippen molar-refractivity contribution in [1.29, 1.82) is 0 Å². The largest absolute Gasteiger partial charge is 0.467 e. The van der Waals surface area contributed by atoms with Gasteiger partial charge in [-0.15, -0.1) is 0 Å². The Morgan fingerprint density at radius 3 is 2.65 bits per heavy atom. The van der Waals surface area contributed by atoms with E-state index in [1.165, 1.54) is 28.6 Å². The van der Waals surface area contributed by atoms with E-state index in [0.717, 1.165) is 12.1 Å². The van der Waals surface area contributed by atoms with Crippen molar-refractivity contribution in [1.82, 2.24) is 9.21 Å². The summed E-state index contributed by atoms with van der Waals surface area (Å²) < 4.78 is 51.2. The molecule has 7 nitrogen and oxygen atoms in total. The van der Waals surface area contributed by atoms with Gasteiger partial charge in [0.15, 0.2) is 0 Å². The Balaban J connectivity index is 1.86. The van der Waals surface area contributed by atoms with Crippen LogP contribution in [-0.4, -0.2) is 56.9 Å². The third-order valence-electron chi connectivity index (χ3n) is 4.10. The van der Waals surface area contributed by atoms with Crippen molar-refractivity contribution in [2.45, 2.75) is 11.4 Å². The van der Waals surface area contributed by atoms with Crippen LogP contribution in [0.25, 0.3) is 0 Å². The molecule has 1 fully saturated rings. The molecule has 1 saturated heterocycles. The minimum absolute atomic E-state index is 0.115. The molecule has 0 spiro atoms. The molecular weight excluding hydrogens is 363 g/mol. The lowest BCUT2D eigenvalue weighted by Crippen LogP contribution is -2.40. The van der Waals surface area contributed by atoms with Gasteiger partial charge in [0.1, 0.15) is 11.6 Å². The highest BCUT2D eigenvalue weighted by Crippen LogP contribution is 2.21. The molecule has 0 aliphatic carbocycles. The van der Waals surface area contributed by atoms with Crippen molar-refractivity contribution < 1.29 is 26.8 Å². The van der Waals surface area contributed by atoms with Crippen LogP contribution in [-0.2, 0) is 21.3 Å². The molecule has 9 heteroatoms. The molecule has 1 amide bonds. The van der Waals surface area contributed by atoms with Crippen molar-refractivity contribution in [3.63, 3.8) is 0 Å². The van der Waals surface area contributed by atoms with Gasteiger partial charge in [-0.05, 0) is 30.3 Å². The molecule has 3 rings (SSSR count). The first-order valence-corrected chi connectivity index (χ1v) is 9.49. The number of rotatable bonds is 5. The van der Waals surface area contributed by atoms with Gasteiger partial charge in [0.2, 0.25) is 10.0 Å². The fourth-order valence-corrected chi connectivity index (χ4v) is 4.11. The van der Waals surface area contributed by atoms with E-state index in [1.807, 2.05) is 0 Å². The Morgan fingerprint density at radius 1 is 1.27 bits per heavy atom. The molecule has 26 heavy (non-hydrogen) atoms. The molecule has 1 aliphatic heterocycles. The fourth-order valence-electron chi connectivity index (χ4n) is 2.68. The zero-order valence-corrected chi connectivity index (χ0v) is 15.0. The summed E-state index contributed by atoms with van der Waals surface area (Å²) in [7, 11) is -2.32. The summed E-state index contributed by atoms with van der Waals surface area (Å²) in [6.07, 6.45) is 1.48. The van der Waals surface area contributed by atoms with E-state index in [2.05, 4.69) is 0 Å². The predicted octanol–water partition coefficient (Wildman–Crippen LogP) is 1.71. The highest BCUT2D eigenvalue weighted by atomic mass is 32.2. The van der Waals surface area contributed by atoms with Crippen molar-refractivity contribution in [2.24, 2.45) is 0 Å². The number of carbonyl (C=O) groups excluding carboxylic acids is 1. The maximum Gasteiger partial charge on any atom is 0.257 e. The molecule has 0 bridgehead atoms. The normalized spacial score (nSPS) is 15.8. The van der Waals surface area contributed by atoms with Crippen LogP contribution in [0, 0.1) is 5.82 Å². The fraction of sp³-hybridized carbons (Fsp3) is 0.353. The third kappa shape index (κ3) is 3.79. The summed E-state index contributed by atoms with van der Waals surface area (Å²) in [6, 6.07) is 6.63. The number of amides is 1. The highest BCUT2D eigenvalue weighted by molar-refractivity contribution is 7.89. The minimum Gasteiger partial charge on any atom is -0.467 e. The Kier molecular flexibility index (Phi) is 5.40. The van der Waals surface area contributed by atoms with E-state index in [9.17, 15) is 17.6 Å². The number of nitrogens with zero attached hydrogens (tertiary/aromatic N) is 2. The first-order chi connectivity index (χ1) is 12.4. The first kappa shape index (κ1) is 18.6. The van der Waals surface area contributed by atoms with Crippen LogP contribution in [0.3, 0.4) is 0 Å². The number of carbonyl (C=O) groups is 1. The molecule has 2 aromatic rings. The molecule has 2 heterocycles. The Hall–Kier alpha value is -2.23. The number of furan rings is 1. The molecular formula is C17H19FN2O5S. The van der Waals surface area contributed by atoms with E-state index < -0.39 is 21.7 Å². The topological polar surface area (TPSA) is 80.1 Å². The smallest absolute Gasteiger partial charge is 0.257 e. The standard InChI is InChI=1S/C17H19FN2O5S/c1-19(12-13-3-2-8-25-13)17(21)15-11-14(4-5-16(15)18)26(22,23)20-6-9-24-10-7-20/h2-5,8,11H,6-7,9-10,12H2,1H3. The van der Waals surface area contributed by atoms with Crippen LogP contribution >= 0.6 is 0 Å². The first-order valence-electron chi connectivity index (χ1n) is 8.05. The third-order valence-corrected chi connectivity index (χ3v) is 5.99. The summed E-state index contributed by atoms with van der Waals surface area (Å²) in [4.78, 5) is 13.7. The van der Waals surface area contributed by atoms with Gasteiger partial charge in [0.25, 0.3) is 5.91 Å². The monoisotopic (exact) mass is 382 g/mol. The van der Waals surface area contributed by atoms with Crippen LogP contribution in [0.15, 0.2) is 45.9 Å². The number of ether oxygens (including phenoxy) is 1. The lowest BCUT2D eigenvalue weighted by Gasteiger charge is -2.26. The van der Waals surface area contributed by atoms with E-state index in [1.54, 1.807) is 12.1 Å². The molecule has 1 aromatic carbocycles. The lowest BCUT2D eigenvalue weighted by atomic mass is 10.2. The van der Waals surface area contributed by atoms with E-state index in [-0.39, 0.29) is 30.1 Å². The quantitative estimate of drug-likeness (QED) is 0.787. The Morgan fingerprint density at radius 2 is 2.00 bits per heavy atom. The SMILES string of the molecule is CN(Cc1ccco1)C(=O)c1cc(S(=O)(=O)N2CCOCC2)ccc1F. The Labute approximate surface area is 151 Å². The predicted molar refractivity (Wildman–Crippen MR) is 90.5 cm³/mol. The number of hydrogen-bond donors (Lipinski definition) is 0. The zero-order valence-electron chi connectivity index (χ0n) is 14.2. The second-order valence-electron chi connectivity index (χ2n) is 5.90. The average molecular weight is 382 g/mol. The maximum absolute atomic E-state index is 14.2. The zero-order chi connectivity index (χ0) is 18.7. The number of benzene rings is 1. The van der Waals surface area contributed by atoms with Crippen LogP contribution in [0.5, 0.6) is 0 Å². The molecule has 1 aromatic heterocycles. The molecule has 0 radical (unpaired) electrons. The maximum atomic E-state index is 14.2. The van der Waals surface area contributed by atoms with Crippen molar-refractivity contribution >= 4 is 15.9 Å². The van der Waals surface area contributed by atoms with Gasteiger partial charge in [-0.1, -0.05) is 0 Å². The highest BCUT2D eigenvalue weighted by Gasteiger charge is 2.28. The van der Waals surface area contributed by atoms with Crippen LogP contribution < -0.4 is 0 Å². The summed E-state index contributed by atoms with van der Waals surface area (Å²) in [5.74, 6) is -0.862.